The molecule has 0 radical (unpaired) electrons. The SMILES string of the molecule is CC(C)C1CCN(S(C)(=O)=O)C1. The van der Waals surface area contributed by atoms with Crippen LogP contribution in [0.3, 0.4) is 0 Å². The summed E-state index contributed by atoms with van der Waals surface area (Å²) in [6.45, 7) is 5.73. The summed E-state index contributed by atoms with van der Waals surface area (Å²) in [6, 6.07) is 0. The molecule has 1 aliphatic rings. The molecule has 0 saturated carbocycles. The van der Waals surface area contributed by atoms with Crippen LogP contribution in [0.2, 0.25) is 0 Å². The van der Waals surface area contributed by atoms with E-state index in [1.807, 2.05) is 0 Å². The lowest BCUT2D eigenvalue weighted by Crippen LogP contribution is -2.28. The highest BCUT2D eigenvalue weighted by molar-refractivity contribution is 7.88. The van der Waals surface area contributed by atoms with E-state index in [1.54, 1.807) is 4.31 Å². The maximum atomic E-state index is 11.1. The molecule has 1 atom stereocenters. The Morgan fingerprint density at radius 3 is 2.25 bits per heavy atom. The Morgan fingerprint density at radius 2 is 2.00 bits per heavy atom. The van der Waals surface area contributed by atoms with Gasteiger partial charge in [0.05, 0.1) is 6.26 Å². The number of sulfonamides is 1. The molecule has 0 N–H and O–H groups in total. The van der Waals surface area contributed by atoms with Crippen molar-refractivity contribution < 1.29 is 8.42 Å². The predicted octanol–water partition coefficient (Wildman–Crippen LogP) is 0.924. The van der Waals surface area contributed by atoms with Crippen LogP contribution in [0.4, 0.5) is 0 Å². The van der Waals surface area contributed by atoms with Gasteiger partial charge in [0.15, 0.2) is 0 Å². The highest BCUT2D eigenvalue weighted by atomic mass is 32.2. The quantitative estimate of drug-likeness (QED) is 0.651. The van der Waals surface area contributed by atoms with Crippen LogP contribution in [0.1, 0.15) is 20.3 Å². The maximum Gasteiger partial charge on any atom is 0.211 e. The molecule has 4 heteroatoms. The summed E-state index contributed by atoms with van der Waals surface area (Å²) in [5, 5.41) is 0. The second-order valence-corrected chi connectivity index (χ2v) is 5.90. The van der Waals surface area contributed by atoms with Gasteiger partial charge in [0, 0.05) is 13.1 Å². The average Bonchev–Trinajstić information content (AvgIpc) is 2.30. The van der Waals surface area contributed by atoms with E-state index in [0.29, 0.717) is 18.4 Å². The van der Waals surface area contributed by atoms with Crippen molar-refractivity contribution in [3.05, 3.63) is 0 Å². The van der Waals surface area contributed by atoms with Gasteiger partial charge in [0.1, 0.15) is 0 Å². The molecule has 0 aromatic carbocycles. The van der Waals surface area contributed by atoms with Gasteiger partial charge in [-0.05, 0) is 18.3 Å². The Labute approximate surface area is 74.8 Å². The first kappa shape index (κ1) is 9.99. The van der Waals surface area contributed by atoms with Crippen molar-refractivity contribution >= 4 is 10.0 Å². The third kappa shape index (κ3) is 2.20. The normalized spacial score (nSPS) is 26.8. The van der Waals surface area contributed by atoms with Gasteiger partial charge in [-0.2, -0.15) is 0 Å². The molecule has 3 nitrogen and oxygen atoms in total. The van der Waals surface area contributed by atoms with E-state index in [-0.39, 0.29) is 0 Å². The molecule has 1 heterocycles. The third-order valence-electron chi connectivity index (χ3n) is 2.60. The minimum atomic E-state index is -2.94. The topological polar surface area (TPSA) is 37.4 Å². The first-order chi connectivity index (χ1) is 5.41. The van der Waals surface area contributed by atoms with Gasteiger partial charge in [0.2, 0.25) is 10.0 Å². The summed E-state index contributed by atoms with van der Waals surface area (Å²) in [5.74, 6) is 1.15. The van der Waals surface area contributed by atoms with E-state index < -0.39 is 10.0 Å². The van der Waals surface area contributed by atoms with Crippen LogP contribution in [0.25, 0.3) is 0 Å². The second kappa shape index (κ2) is 3.34. The third-order valence-corrected chi connectivity index (χ3v) is 3.87. The molecule has 1 fully saturated rings. The first-order valence-corrected chi connectivity index (χ1v) is 6.21. The lowest BCUT2D eigenvalue weighted by molar-refractivity contribution is 0.390. The van der Waals surface area contributed by atoms with Crippen LogP contribution in [-0.4, -0.2) is 32.1 Å². The van der Waals surface area contributed by atoms with E-state index in [0.717, 1.165) is 13.0 Å². The molecule has 1 rings (SSSR count). The molecule has 1 unspecified atom stereocenters. The molecular formula is C8H17NO2S. The lowest BCUT2D eigenvalue weighted by atomic mass is 9.96. The smallest absolute Gasteiger partial charge is 0.211 e. The summed E-state index contributed by atoms with van der Waals surface area (Å²) >= 11 is 0. The molecule has 12 heavy (non-hydrogen) atoms. The molecule has 1 aliphatic heterocycles. The highest BCUT2D eigenvalue weighted by Gasteiger charge is 2.29. The van der Waals surface area contributed by atoms with E-state index in [4.69, 9.17) is 0 Å². The lowest BCUT2D eigenvalue weighted by Gasteiger charge is -2.15. The van der Waals surface area contributed by atoms with Crippen LogP contribution in [0.5, 0.6) is 0 Å². The Kier molecular flexibility index (Phi) is 2.78. The minimum absolute atomic E-state index is 0.555. The molecule has 0 amide bonds. The number of rotatable bonds is 2. The zero-order chi connectivity index (χ0) is 9.35. The highest BCUT2D eigenvalue weighted by Crippen LogP contribution is 2.24. The first-order valence-electron chi connectivity index (χ1n) is 4.36. The number of hydrogen-bond donors (Lipinski definition) is 0. The van der Waals surface area contributed by atoms with Crippen molar-refractivity contribution in [1.29, 1.82) is 0 Å². The molecule has 0 bridgehead atoms. The average molecular weight is 191 g/mol. The van der Waals surface area contributed by atoms with Crippen molar-refractivity contribution in [2.24, 2.45) is 11.8 Å². The molecule has 0 aromatic rings. The standard InChI is InChI=1S/C8H17NO2S/c1-7(2)8-4-5-9(6-8)12(3,10)11/h7-8H,4-6H2,1-3H3. The van der Waals surface area contributed by atoms with Crippen LogP contribution in [0, 0.1) is 11.8 Å². The summed E-state index contributed by atoms with van der Waals surface area (Å²) in [5.41, 5.74) is 0. The fourth-order valence-electron chi connectivity index (χ4n) is 1.60. The Hall–Kier alpha value is -0.0900. The van der Waals surface area contributed by atoms with E-state index >= 15 is 0 Å². The zero-order valence-electron chi connectivity index (χ0n) is 7.95. The minimum Gasteiger partial charge on any atom is -0.213 e. The molecular weight excluding hydrogens is 174 g/mol. The van der Waals surface area contributed by atoms with Gasteiger partial charge in [0.25, 0.3) is 0 Å². The fourth-order valence-corrected chi connectivity index (χ4v) is 2.50. The van der Waals surface area contributed by atoms with E-state index in [2.05, 4.69) is 13.8 Å². The zero-order valence-corrected chi connectivity index (χ0v) is 8.76. The van der Waals surface area contributed by atoms with Gasteiger partial charge in [-0.1, -0.05) is 13.8 Å². The van der Waals surface area contributed by atoms with Crippen molar-refractivity contribution in [3.63, 3.8) is 0 Å². The van der Waals surface area contributed by atoms with Gasteiger partial charge >= 0.3 is 0 Å². The summed E-state index contributed by atoms with van der Waals surface area (Å²) < 4.78 is 23.8. The van der Waals surface area contributed by atoms with Crippen molar-refractivity contribution in [1.82, 2.24) is 4.31 Å². The second-order valence-electron chi connectivity index (χ2n) is 3.91. The maximum absolute atomic E-state index is 11.1. The van der Waals surface area contributed by atoms with E-state index in [1.165, 1.54) is 6.26 Å². The summed E-state index contributed by atoms with van der Waals surface area (Å²) in [4.78, 5) is 0. The monoisotopic (exact) mass is 191 g/mol. The van der Waals surface area contributed by atoms with Crippen LogP contribution in [0.15, 0.2) is 0 Å². The van der Waals surface area contributed by atoms with Gasteiger partial charge < -0.3 is 0 Å². The van der Waals surface area contributed by atoms with Crippen molar-refractivity contribution in [2.75, 3.05) is 19.3 Å². The molecule has 72 valence electrons. The van der Waals surface area contributed by atoms with Crippen molar-refractivity contribution in [3.8, 4) is 0 Å². The molecule has 1 saturated heterocycles. The summed E-state index contributed by atoms with van der Waals surface area (Å²) in [7, 11) is -2.94. The van der Waals surface area contributed by atoms with Gasteiger partial charge in [-0.25, -0.2) is 12.7 Å². The Bertz CT molecular complexity index is 246. The number of hydrogen-bond acceptors (Lipinski definition) is 2. The Morgan fingerprint density at radius 1 is 1.42 bits per heavy atom. The van der Waals surface area contributed by atoms with Gasteiger partial charge in [-0.15, -0.1) is 0 Å². The molecule has 0 aliphatic carbocycles. The molecule has 0 aromatic heterocycles. The number of nitrogens with zero attached hydrogens (tertiary/aromatic N) is 1. The fraction of sp³-hybridized carbons (Fsp3) is 1.00. The van der Waals surface area contributed by atoms with Crippen LogP contribution < -0.4 is 0 Å². The van der Waals surface area contributed by atoms with Crippen LogP contribution in [-0.2, 0) is 10.0 Å². The van der Waals surface area contributed by atoms with Crippen molar-refractivity contribution in [2.45, 2.75) is 20.3 Å². The largest absolute Gasteiger partial charge is 0.213 e. The molecule has 0 spiro atoms. The van der Waals surface area contributed by atoms with E-state index in [9.17, 15) is 8.42 Å². The van der Waals surface area contributed by atoms with Crippen LogP contribution >= 0.6 is 0 Å². The van der Waals surface area contributed by atoms with Gasteiger partial charge in [-0.3, -0.25) is 0 Å². The predicted molar refractivity (Wildman–Crippen MR) is 49.4 cm³/mol. The Balaban J connectivity index is 2.58. The summed E-state index contributed by atoms with van der Waals surface area (Å²) in [6.07, 6.45) is 2.31.